The molecule has 0 bridgehead atoms. The van der Waals surface area contributed by atoms with Gasteiger partial charge in [0, 0.05) is 20.5 Å². The van der Waals surface area contributed by atoms with E-state index in [1.54, 1.807) is 12.1 Å². The number of amides is 1. The summed E-state index contributed by atoms with van der Waals surface area (Å²) in [6.45, 7) is -0.229. The van der Waals surface area contributed by atoms with E-state index in [-0.39, 0.29) is 17.3 Å². The first-order chi connectivity index (χ1) is 9.27. The molecule has 0 aliphatic rings. The number of nitrogens with two attached hydrogens (primary N) is 1. The standard InChI is InChI=1S/C12H17N3O3S2/c1-14-12(16)8-15(2)20(17,18)10-5-3-9(4-6-10)7-11(13)19/h3-6H,7-8H2,1-2H3,(H2,13,19)(H,14,16). The van der Waals surface area contributed by atoms with Crippen molar-refractivity contribution in [3.63, 3.8) is 0 Å². The molecule has 1 aromatic carbocycles. The lowest BCUT2D eigenvalue weighted by atomic mass is 10.1. The van der Waals surface area contributed by atoms with Crippen LogP contribution in [0.4, 0.5) is 0 Å². The quantitative estimate of drug-likeness (QED) is 0.714. The molecule has 110 valence electrons. The molecule has 0 heterocycles. The summed E-state index contributed by atoms with van der Waals surface area (Å²) < 4.78 is 25.4. The molecule has 20 heavy (non-hydrogen) atoms. The van der Waals surface area contributed by atoms with Gasteiger partial charge in [-0.05, 0) is 17.7 Å². The number of rotatable bonds is 6. The van der Waals surface area contributed by atoms with Gasteiger partial charge in [-0.15, -0.1) is 0 Å². The molecule has 0 saturated carbocycles. The van der Waals surface area contributed by atoms with Crippen LogP contribution in [0.2, 0.25) is 0 Å². The fourth-order valence-electron chi connectivity index (χ4n) is 1.53. The lowest BCUT2D eigenvalue weighted by Gasteiger charge is -2.16. The average Bonchev–Trinajstić information content (AvgIpc) is 2.38. The largest absolute Gasteiger partial charge is 0.393 e. The Morgan fingerprint density at radius 2 is 1.90 bits per heavy atom. The van der Waals surface area contributed by atoms with E-state index in [9.17, 15) is 13.2 Å². The highest BCUT2D eigenvalue weighted by molar-refractivity contribution is 7.89. The summed E-state index contributed by atoms with van der Waals surface area (Å²) in [5.74, 6) is -0.374. The molecule has 0 aliphatic heterocycles. The predicted octanol–water partition coefficient (Wildman–Crippen LogP) is -0.118. The summed E-state index contributed by atoms with van der Waals surface area (Å²) in [5, 5.41) is 2.38. The molecule has 0 spiro atoms. The third-order valence-corrected chi connectivity index (χ3v) is 4.62. The van der Waals surface area contributed by atoms with Gasteiger partial charge in [-0.2, -0.15) is 4.31 Å². The Bertz CT molecular complexity index is 597. The highest BCUT2D eigenvalue weighted by Crippen LogP contribution is 2.15. The molecular formula is C12H17N3O3S2. The first-order valence-corrected chi connectivity index (χ1v) is 7.66. The van der Waals surface area contributed by atoms with Crippen LogP contribution < -0.4 is 11.1 Å². The number of carbonyl (C=O) groups excluding carboxylic acids is 1. The third kappa shape index (κ3) is 4.26. The van der Waals surface area contributed by atoms with Crippen molar-refractivity contribution in [2.24, 2.45) is 5.73 Å². The number of hydrogen-bond acceptors (Lipinski definition) is 4. The van der Waals surface area contributed by atoms with Gasteiger partial charge < -0.3 is 11.1 Å². The molecular weight excluding hydrogens is 298 g/mol. The number of hydrogen-bond donors (Lipinski definition) is 2. The first kappa shape index (κ1) is 16.5. The average molecular weight is 315 g/mol. The van der Waals surface area contributed by atoms with Gasteiger partial charge in [0.1, 0.15) is 0 Å². The van der Waals surface area contributed by atoms with Crippen LogP contribution in [0.5, 0.6) is 0 Å². The number of likely N-dealkylation sites (N-methyl/N-ethyl adjacent to an activating group) is 2. The molecule has 6 nitrogen and oxygen atoms in total. The van der Waals surface area contributed by atoms with Crippen molar-refractivity contribution in [2.75, 3.05) is 20.6 Å². The summed E-state index contributed by atoms with van der Waals surface area (Å²) in [7, 11) is -0.875. The fourth-order valence-corrected chi connectivity index (χ4v) is 2.82. The molecule has 0 unspecified atom stereocenters. The van der Waals surface area contributed by atoms with Crippen LogP contribution in [-0.2, 0) is 21.2 Å². The number of sulfonamides is 1. The van der Waals surface area contributed by atoms with E-state index >= 15 is 0 Å². The third-order valence-electron chi connectivity index (χ3n) is 2.65. The molecule has 8 heteroatoms. The van der Waals surface area contributed by atoms with Crippen LogP contribution in [-0.4, -0.2) is 44.3 Å². The van der Waals surface area contributed by atoms with Gasteiger partial charge in [-0.3, -0.25) is 4.79 Å². The van der Waals surface area contributed by atoms with Crippen LogP contribution in [0.15, 0.2) is 29.2 Å². The number of thiocarbonyl (C=S) groups is 1. The normalized spacial score (nSPS) is 11.3. The van der Waals surface area contributed by atoms with Gasteiger partial charge in [-0.1, -0.05) is 24.4 Å². The van der Waals surface area contributed by atoms with Gasteiger partial charge >= 0.3 is 0 Å². The van der Waals surface area contributed by atoms with Crippen molar-refractivity contribution in [1.82, 2.24) is 9.62 Å². The Balaban J connectivity index is 2.92. The number of nitrogens with zero attached hydrogens (tertiary/aromatic N) is 1. The van der Waals surface area contributed by atoms with Crippen LogP contribution in [0.3, 0.4) is 0 Å². The number of carbonyl (C=O) groups is 1. The summed E-state index contributed by atoms with van der Waals surface area (Å²) in [6.07, 6.45) is 0.420. The highest BCUT2D eigenvalue weighted by Gasteiger charge is 2.22. The minimum atomic E-state index is -3.68. The van der Waals surface area contributed by atoms with Crippen LogP contribution in [0, 0.1) is 0 Å². The van der Waals surface area contributed by atoms with E-state index in [1.807, 2.05) is 0 Å². The Morgan fingerprint density at radius 1 is 1.35 bits per heavy atom. The molecule has 0 fully saturated rings. The topological polar surface area (TPSA) is 92.5 Å². The molecule has 1 rings (SSSR count). The molecule has 0 aliphatic carbocycles. The fraction of sp³-hybridized carbons (Fsp3) is 0.333. The van der Waals surface area contributed by atoms with Crippen molar-refractivity contribution >= 4 is 33.1 Å². The van der Waals surface area contributed by atoms with Crippen molar-refractivity contribution in [2.45, 2.75) is 11.3 Å². The van der Waals surface area contributed by atoms with E-state index in [2.05, 4.69) is 5.32 Å². The van der Waals surface area contributed by atoms with Gasteiger partial charge in [0.05, 0.1) is 16.4 Å². The minimum absolute atomic E-state index is 0.121. The summed E-state index contributed by atoms with van der Waals surface area (Å²) >= 11 is 4.79. The van der Waals surface area contributed by atoms with Crippen molar-refractivity contribution in [3.05, 3.63) is 29.8 Å². The van der Waals surface area contributed by atoms with Crippen molar-refractivity contribution in [1.29, 1.82) is 0 Å². The Labute approximate surface area is 124 Å². The lowest BCUT2D eigenvalue weighted by molar-refractivity contribution is -0.120. The molecule has 0 atom stereocenters. The molecule has 0 aromatic heterocycles. The smallest absolute Gasteiger partial charge is 0.243 e. The number of nitrogens with one attached hydrogen (secondary N) is 1. The zero-order valence-corrected chi connectivity index (χ0v) is 12.9. The van der Waals surface area contributed by atoms with Gasteiger partial charge in [0.2, 0.25) is 15.9 Å². The Hall–Kier alpha value is -1.51. The molecule has 3 N–H and O–H groups in total. The van der Waals surface area contributed by atoms with E-state index in [4.69, 9.17) is 18.0 Å². The van der Waals surface area contributed by atoms with Crippen LogP contribution in [0.25, 0.3) is 0 Å². The molecule has 1 amide bonds. The Morgan fingerprint density at radius 3 is 2.35 bits per heavy atom. The van der Waals surface area contributed by atoms with E-state index < -0.39 is 10.0 Å². The summed E-state index contributed by atoms with van der Waals surface area (Å²) in [6, 6.07) is 6.26. The monoisotopic (exact) mass is 315 g/mol. The van der Waals surface area contributed by atoms with Crippen LogP contribution >= 0.6 is 12.2 Å². The number of benzene rings is 1. The van der Waals surface area contributed by atoms with E-state index in [0.29, 0.717) is 11.4 Å². The zero-order valence-electron chi connectivity index (χ0n) is 11.3. The maximum atomic E-state index is 12.2. The second-order valence-electron chi connectivity index (χ2n) is 4.22. The van der Waals surface area contributed by atoms with Gasteiger partial charge in [-0.25, -0.2) is 8.42 Å². The highest BCUT2D eigenvalue weighted by atomic mass is 32.2. The van der Waals surface area contributed by atoms with Crippen LogP contribution in [0.1, 0.15) is 5.56 Å². The van der Waals surface area contributed by atoms with Crippen molar-refractivity contribution < 1.29 is 13.2 Å². The maximum absolute atomic E-state index is 12.2. The minimum Gasteiger partial charge on any atom is -0.393 e. The molecule has 1 aromatic rings. The SMILES string of the molecule is CNC(=O)CN(C)S(=O)(=O)c1ccc(CC(N)=S)cc1. The lowest BCUT2D eigenvalue weighted by Crippen LogP contribution is -2.36. The second kappa shape index (κ2) is 6.78. The van der Waals surface area contributed by atoms with Gasteiger partial charge in [0.25, 0.3) is 0 Å². The predicted molar refractivity (Wildman–Crippen MR) is 80.8 cm³/mol. The zero-order chi connectivity index (χ0) is 15.3. The summed E-state index contributed by atoms with van der Waals surface area (Å²) in [5.41, 5.74) is 6.27. The molecule has 0 saturated heterocycles. The van der Waals surface area contributed by atoms with Crippen molar-refractivity contribution in [3.8, 4) is 0 Å². The molecule has 0 radical (unpaired) electrons. The first-order valence-electron chi connectivity index (χ1n) is 5.81. The van der Waals surface area contributed by atoms with E-state index in [1.165, 1.54) is 26.2 Å². The maximum Gasteiger partial charge on any atom is 0.243 e. The van der Waals surface area contributed by atoms with Gasteiger partial charge in [0.15, 0.2) is 0 Å². The van der Waals surface area contributed by atoms with E-state index in [0.717, 1.165) is 9.87 Å². The second-order valence-corrected chi connectivity index (χ2v) is 6.79. The Kier molecular flexibility index (Phi) is 5.61. The summed E-state index contributed by atoms with van der Waals surface area (Å²) in [4.78, 5) is 11.7.